The fourth-order valence-electron chi connectivity index (χ4n) is 11.7. The molecular weight excluding hydrogens is 863 g/mol. The number of hydrogen-bond acceptors (Lipinski definition) is 0. The Morgan fingerprint density at radius 1 is 0.200 bits per heavy atom. The first kappa shape index (κ1) is 40.1. The number of nitrogens with zero attached hydrogens (tertiary/aromatic N) is 3. The van der Waals surface area contributed by atoms with Crippen molar-refractivity contribution in [2.45, 2.75) is 0 Å². The van der Waals surface area contributed by atoms with Crippen LogP contribution in [-0.2, 0) is 0 Å². The normalized spacial score (nSPS) is 12.0. The molecule has 70 heavy (non-hydrogen) atoms. The Labute approximate surface area is 407 Å². The molecule has 0 amide bonds. The van der Waals surface area contributed by atoms with Crippen molar-refractivity contribution >= 4 is 94.2 Å². The van der Waals surface area contributed by atoms with Crippen molar-refractivity contribution in [2.75, 3.05) is 0 Å². The molecule has 0 aliphatic heterocycles. The number of rotatable bonds is 8. The molecule has 0 bridgehead atoms. The third kappa shape index (κ3) is 6.07. The van der Waals surface area contributed by atoms with Gasteiger partial charge in [-0.25, -0.2) is 0 Å². The predicted octanol–water partition coefficient (Wildman–Crippen LogP) is 14.0. The molecule has 328 valence electrons. The SMILES string of the molecule is c1ccc(-n2c3ccccc3c3cc(-c4ccc([Si](c5ccccc5)(c5ccccc5)c5cccc(-n6c7ccccc7c7cc8c9ccccc9n(-c9ccccc9)c8cc76)c5)cc4)ccc32)cc1. The van der Waals surface area contributed by atoms with E-state index in [-0.39, 0.29) is 0 Å². The molecule has 14 rings (SSSR count). The summed E-state index contributed by atoms with van der Waals surface area (Å²) in [6.07, 6.45) is 0. The van der Waals surface area contributed by atoms with E-state index in [0.29, 0.717) is 0 Å². The lowest BCUT2D eigenvalue weighted by Gasteiger charge is -2.35. The van der Waals surface area contributed by atoms with Crippen LogP contribution in [0.5, 0.6) is 0 Å². The summed E-state index contributed by atoms with van der Waals surface area (Å²) in [7, 11) is -2.96. The summed E-state index contributed by atoms with van der Waals surface area (Å²) in [5.74, 6) is 0. The highest BCUT2D eigenvalue weighted by atomic mass is 28.3. The number of benzene rings is 11. The molecule has 11 aromatic carbocycles. The number of para-hydroxylation sites is 5. The Morgan fingerprint density at radius 3 is 1.10 bits per heavy atom. The molecule has 4 heteroatoms. The maximum atomic E-state index is 2.50. The molecule has 0 fully saturated rings. The van der Waals surface area contributed by atoms with Crippen molar-refractivity contribution in [3.8, 4) is 28.2 Å². The third-order valence-electron chi connectivity index (χ3n) is 14.8. The summed E-state index contributed by atoms with van der Waals surface area (Å²) >= 11 is 0. The molecule has 0 aliphatic carbocycles. The molecule has 3 aromatic heterocycles. The van der Waals surface area contributed by atoms with Crippen LogP contribution in [0.4, 0.5) is 0 Å². The van der Waals surface area contributed by atoms with Gasteiger partial charge in [0.05, 0.1) is 33.1 Å². The minimum atomic E-state index is -2.96. The molecule has 3 nitrogen and oxygen atoms in total. The first-order valence-electron chi connectivity index (χ1n) is 24.2. The zero-order valence-corrected chi connectivity index (χ0v) is 39.3. The first-order chi connectivity index (χ1) is 34.7. The van der Waals surface area contributed by atoms with Crippen LogP contribution >= 0.6 is 0 Å². The van der Waals surface area contributed by atoms with Crippen molar-refractivity contribution in [3.05, 3.63) is 273 Å². The van der Waals surface area contributed by atoms with E-state index in [1.54, 1.807) is 0 Å². The summed E-state index contributed by atoms with van der Waals surface area (Å²) < 4.78 is 7.31. The average molecular weight is 908 g/mol. The summed E-state index contributed by atoms with van der Waals surface area (Å²) in [6.45, 7) is 0. The van der Waals surface area contributed by atoms with Gasteiger partial charge in [0.15, 0.2) is 8.07 Å². The molecule has 0 N–H and O–H groups in total. The maximum absolute atomic E-state index is 2.96. The zero-order chi connectivity index (χ0) is 46.2. The predicted molar refractivity (Wildman–Crippen MR) is 299 cm³/mol. The molecular formula is C66H45N3Si. The first-order valence-corrected chi connectivity index (χ1v) is 26.2. The van der Waals surface area contributed by atoms with Gasteiger partial charge in [-0.3, -0.25) is 0 Å². The fourth-order valence-corrected chi connectivity index (χ4v) is 16.5. The second-order valence-corrected chi connectivity index (χ2v) is 22.3. The van der Waals surface area contributed by atoms with Gasteiger partial charge in [-0.15, -0.1) is 0 Å². The molecule has 0 radical (unpaired) electrons. The van der Waals surface area contributed by atoms with Gasteiger partial charge in [-0.2, -0.15) is 0 Å². The summed E-state index contributed by atoms with van der Waals surface area (Å²) in [4.78, 5) is 0. The van der Waals surface area contributed by atoms with Gasteiger partial charge in [0, 0.05) is 49.4 Å². The van der Waals surface area contributed by atoms with E-state index in [9.17, 15) is 0 Å². The summed E-state index contributed by atoms with van der Waals surface area (Å²) in [5.41, 5.74) is 13.1. The van der Waals surface area contributed by atoms with Crippen molar-refractivity contribution in [1.29, 1.82) is 0 Å². The minimum Gasteiger partial charge on any atom is -0.309 e. The molecule has 0 aliphatic rings. The van der Waals surface area contributed by atoms with Crippen LogP contribution in [-0.4, -0.2) is 21.8 Å². The van der Waals surface area contributed by atoms with Crippen molar-refractivity contribution in [2.24, 2.45) is 0 Å². The standard InChI is InChI=1S/C66H45N3Si/c1-5-20-48(21-6-1)67-61-33-16-13-30-55(61)58-42-47(38-41-64(58)67)46-36-39-53(40-37-46)70(51-25-9-3-10-26-51,52-27-11-4-12-28-52)54-29-19-24-50(43-54)69-63-35-18-15-32-57(63)60-44-59-56-31-14-17-34-62(56)68(65(59)45-66(60)69)49-22-7-2-8-23-49/h1-45H. The average Bonchev–Trinajstić information content (AvgIpc) is 4.07. The lowest BCUT2D eigenvalue weighted by atomic mass is 10.0. The van der Waals surface area contributed by atoms with Crippen molar-refractivity contribution < 1.29 is 0 Å². The molecule has 0 saturated heterocycles. The van der Waals surface area contributed by atoms with Gasteiger partial charge in [0.2, 0.25) is 0 Å². The molecule has 0 atom stereocenters. The maximum Gasteiger partial charge on any atom is 0.179 e. The summed E-state index contributed by atoms with van der Waals surface area (Å²) in [5, 5.41) is 12.9. The van der Waals surface area contributed by atoms with Crippen molar-refractivity contribution in [1.82, 2.24) is 13.7 Å². The Bertz CT molecular complexity index is 4220. The van der Waals surface area contributed by atoms with Crippen LogP contribution in [0.2, 0.25) is 0 Å². The van der Waals surface area contributed by atoms with Crippen LogP contribution in [0.25, 0.3) is 93.6 Å². The van der Waals surface area contributed by atoms with E-state index in [4.69, 9.17) is 0 Å². The smallest absolute Gasteiger partial charge is 0.179 e. The molecule has 3 heterocycles. The number of hydrogen-bond donors (Lipinski definition) is 0. The Hall–Kier alpha value is -8.96. The van der Waals surface area contributed by atoms with E-state index in [1.807, 2.05) is 0 Å². The van der Waals surface area contributed by atoms with Gasteiger partial charge < -0.3 is 13.7 Å². The fraction of sp³-hybridized carbons (Fsp3) is 0. The number of aromatic nitrogens is 3. The van der Waals surface area contributed by atoms with E-state index in [1.165, 1.54) is 103 Å². The van der Waals surface area contributed by atoms with E-state index >= 15 is 0 Å². The van der Waals surface area contributed by atoms with Gasteiger partial charge >= 0.3 is 0 Å². The van der Waals surface area contributed by atoms with E-state index < -0.39 is 8.07 Å². The van der Waals surface area contributed by atoms with Crippen LogP contribution < -0.4 is 20.7 Å². The molecule has 14 aromatic rings. The summed E-state index contributed by atoms with van der Waals surface area (Å²) in [6, 6.07) is 101. The van der Waals surface area contributed by atoms with Crippen LogP contribution in [0.1, 0.15) is 0 Å². The Balaban J connectivity index is 0.972. The van der Waals surface area contributed by atoms with Gasteiger partial charge in [0.1, 0.15) is 0 Å². The van der Waals surface area contributed by atoms with E-state index in [2.05, 4.69) is 287 Å². The lowest BCUT2D eigenvalue weighted by Crippen LogP contribution is -2.74. The van der Waals surface area contributed by atoms with E-state index in [0.717, 1.165) is 11.4 Å². The molecule has 0 saturated carbocycles. The van der Waals surface area contributed by atoms with Gasteiger partial charge in [-0.05, 0) is 111 Å². The molecule has 0 spiro atoms. The third-order valence-corrected chi connectivity index (χ3v) is 19.5. The largest absolute Gasteiger partial charge is 0.309 e. The lowest BCUT2D eigenvalue weighted by molar-refractivity contribution is 1.17. The van der Waals surface area contributed by atoms with Crippen LogP contribution in [0, 0.1) is 0 Å². The highest BCUT2D eigenvalue weighted by Gasteiger charge is 2.41. The quantitative estimate of drug-likeness (QED) is 0.107. The van der Waals surface area contributed by atoms with Crippen molar-refractivity contribution in [3.63, 3.8) is 0 Å². The minimum absolute atomic E-state index is 1.15. The highest BCUT2D eigenvalue weighted by Crippen LogP contribution is 2.40. The van der Waals surface area contributed by atoms with Gasteiger partial charge in [-0.1, -0.05) is 194 Å². The topological polar surface area (TPSA) is 14.8 Å². The number of fused-ring (bicyclic) bond motifs is 9. The van der Waals surface area contributed by atoms with Crippen LogP contribution in [0.3, 0.4) is 0 Å². The van der Waals surface area contributed by atoms with Crippen LogP contribution in [0.15, 0.2) is 273 Å². The molecule has 0 unspecified atom stereocenters. The Morgan fingerprint density at radius 2 is 0.571 bits per heavy atom. The second kappa shape index (κ2) is 16.1. The highest BCUT2D eigenvalue weighted by molar-refractivity contribution is 7.19. The zero-order valence-electron chi connectivity index (χ0n) is 38.3. The second-order valence-electron chi connectivity index (χ2n) is 18.5. The Kier molecular flexibility index (Phi) is 9.23. The monoisotopic (exact) mass is 907 g/mol. The van der Waals surface area contributed by atoms with Gasteiger partial charge in [0.25, 0.3) is 0 Å².